The molecule has 6 heteroatoms. The molecule has 2 aromatic carbocycles. The summed E-state index contributed by atoms with van der Waals surface area (Å²) in [4.78, 5) is 38.0. The average Bonchev–Trinajstić information content (AvgIpc) is 2.61. The third-order valence-corrected chi connectivity index (χ3v) is 4.36. The Kier molecular flexibility index (Phi) is 6.93. The zero-order chi connectivity index (χ0) is 20.8. The van der Waals surface area contributed by atoms with Crippen LogP contribution in [0.1, 0.15) is 54.0 Å². The Labute approximate surface area is 165 Å². The fourth-order valence-corrected chi connectivity index (χ4v) is 3.17. The lowest BCUT2D eigenvalue weighted by atomic mass is 10.0. The lowest BCUT2D eigenvalue weighted by Crippen LogP contribution is -2.42. The summed E-state index contributed by atoms with van der Waals surface area (Å²) in [7, 11) is 0. The molecule has 0 bridgehead atoms. The van der Waals surface area contributed by atoms with Crippen LogP contribution >= 0.6 is 0 Å². The Morgan fingerprint density at radius 2 is 1.50 bits per heavy atom. The van der Waals surface area contributed by atoms with Gasteiger partial charge in [0.05, 0.1) is 12.0 Å². The minimum absolute atomic E-state index is 0.0440. The second-order valence-corrected chi connectivity index (χ2v) is 7.16. The van der Waals surface area contributed by atoms with E-state index < -0.39 is 5.97 Å². The number of nitrogens with zero attached hydrogens (tertiary/aromatic N) is 1. The van der Waals surface area contributed by atoms with Crippen molar-refractivity contribution in [1.82, 2.24) is 4.90 Å². The Hall–Kier alpha value is -3.15. The first-order chi connectivity index (χ1) is 13.2. The van der Waals surface area contributed by atoms with Gasteiger partial charge in [-0.2, -0.15) is 0 Å². The molecule has 0 fully saturated rings. The van der Waals surface area contributed by atoms with Gasteiger partial charge in [0.25, 0.3) is 5.91 Å². The van der Waals surface area contributed by atoms with Gasteiger partial charge >= 0.3 is 5.97 Å². The molecule has 0 unspecified atom stereocenters. The van der Waals surface area contributed by atoms with Crippen molar-refractivity contribution in [3.05, 3.63) is 65.2 Å². The molecule has 0 aliphatic carbocycles. The van der Waals surface area contributed by atoms with Crippen LogP contribution in [-0.2, 0) is 11.2 Å². The standard InChI is InChI=1S/C22H26N2O4/c1-14(2)24(15(3)4)21(26)16-9-11-18(12-10-16)23-20(25)13-17-7-5-6-8-19(17)22(27)28/h5-12,14-15H,13H2,1-4H3,(H,23,25)(H,27,28). The molecule has 0 saturated carbocycles. The van der Waals surface area contributed by atoms with Gasteiger partial charge in [0, 0.05) is 23.3 Å². The van der Waals surface area contributed by atoms with E-state index in [1.165, 1.54) is 6.07 Å². The van der Waals surface area contributed by atoms with E-state index in [9.17, 15) is 19.5 Å². The van der Waals surface area contributed by atoms with E-state index in [2.05, 4.69) is 5.32 Å². The van der Waals surface area contributed by atoms with E-state index in [4.69, 9.17) is 0 Å². The summed E-state index contributed by atoms with van der Waals surface area (Å²) in [6, 6.07) is 13.3. The quantitative estimate of drug-likeness (QED) is 0.762. The first-order valence-electron chi connectivity index (χ1n) is 9.24. The van der Waals surface area contributed by atoms with Crippen molar-refractivity contribution < 1.29 is 19.5 Å². The van der Waals surface area contributed by atoms with E-state index >= 15 is 0 Å². The number of anilines is 1. The SMILES string of the molecule is CC(C)N(C(=O)c1ccc(NC(=O)Cc2ccccc2C(=O)O)cc1)C(C)C. The maximum atomic E-state index is 12.7. The number of carbonyl (C=O) groups excluding carboxylic acids is 2. The number of carbonyl (C=O) groups is 3. The van der Waals surface area contributed by atoms with Crippen LogP contribution in [0.25, 0.3) is 0 Å². The molecule has 2 amide bonds. The molecule has 0 aliphatic heterocycles. The highest BCUT2D eigenvalue weighted by Gasteiger charge is 2.21. The highest BCUT2D eigenvalue weighted by Crippen LogP contribution is 2.16. The lowest BCUT2D eigenvalue weighted by Gasteiger charge is -2.30. The second-order valence-electron chi connectivity index (χ2n) is 7.16. The van der Waals surface area contributed by atoms with Crippen molar-refractivity contribution in [3.8, 4) is 0 Å². The smallest absolute Gasteiger partial charge is 0.335 e. The summed E-state index contributed by atoms with van der Waals surface area (Å²) >= 11 is 0. The van der Waals surface area contributed by atoms with Crippen molar-refractivity contribution in [3.63, 3.8) is 0 Å². The number of aromatic carboxylic acids is 1. The van der Waals surface area contributed by atoms with Gasteiger partial charge in [-0.25, -0.2) is 4.79 Å². The molecule has 0 atom stereocenters. The monoisotopic (exact) mass is 382 g/mol. The summed E-state index contributed by atoms with van der Waals surface area (Å²) in [6.07, 6.45) is -0.0440. The summed E-state index contributed by atoms with van der Waals surface area (Å²) in [6.45, 7) is 7.89. The van der Waals surface area contributed by atoms with E-state index in [-0.39, 0.29) is 35.9 Å². The predicted molar refractivity (Wildman–Crippen MR) is 109 cm³/mol. The Bertz CT molecular complexity index is 849. The van der Waals surface area contributed by atoms with E-state index in [0.29, 0.717) is 16.8 Å². The van der Waals surface area contributed by atoms with Gasteiger partial charge in [-0.3, -0.25) is 9.59 Å². The molecule has 0 aliphatic rings. The third kappa shape index (κ3) is 5.19. The van der Waals surface area contributed by atoms with Crippen LogP contribution < -0.4 is 5.32 Å². The molecule has 2 aromatic rings. The van der Waals surface area contributed by atoms with Crippen LogP contribution in [0.2, 0.25) is 0 Å². The van der Waals surface area contributed by atoms with Crippen molar-refractivity contribution >= 4 is 23.5 Å². The highest BCUT2D eigenvalue weighted by molar-refractivity contribution is 5.97. The van der Waals surface area contributed by atoms with Gasteiger partial charge in [-0.05, 0) is 63.6 Å². The summed E-state index contributed by atoms with van der Waals surface area (Å²) < 4.78 is 0. The fraction of sp³-hybridized carbons (Fsp3) is 0.318. The zero-order valence-electron chi connectivity index (χ0n) is 16.6. The highest BCUT2D eigenvalue weighted by atomic mass is 16.4. The zero-order valence-corrected chi connectivity index (χ0v) is 16.6. The van der Waals surface area contributed by atoms with Crippen LogP contribution in [0.15, 0.2) is 48.5 Å². The number of nitrogens with one attached hydrogen (secondary N) is 1. The number of hydrogen-bond donors (Lipinski definition) is 2. The molecule has 0 heterocycles. The van der Waals surface area contributed by atoms with Crippen molar-refractivity contribution in [2.45, 2.75) is 46.2 Å². The van der Waals surface area contributed by atoms with Crippen molar-refractivity contribution in [2.24, 2.45) is 0 Å². The fourth-order valence-electron chi connectivity index (χ4n) is 3.17. The van der Waals surface area contributed by atoms with Crippen LogP contribution in [0.4, 0.5) is 5.69 Å². The van der Waals surface area contributed by atoms with Crippen molar-refractivity contribution in [1.29, 1.82) is 0 Å². The molecular weight excluding hydrogens is 356 g/mol. The van der Waals surface area contributed by atoms with Gasteiger partial charge < -0.3 is 15.3 Å². The van der Waals surface area contributed by atoms with Gasteiger partial charge in [0.1, 0.15) is 0 Å². The Morgan fingerprint density at radius 3 is 2.04 bits per heavy atom. The molecule has 28 heavy (non-hydrogen) atoms. The Balaban J connectivity index is 2.07. The summed E-state index contributed by atoms with van der Waals surface area (Å²) in [5.41, 5.74) is 1.66. The van der Waals surface area contributed by atoms with Crippen LogP contribution in [0, 0.1) is 0 Å². The normalized spacial score (nSPS) is 10.8. The summed E-state index contributed by atoms with van der Waals surface area (Å²) in [5, 5.41) is 11.9. The maximum absolute atomic E-state index is 12.7. The van der Waals surface area contributed by atoms with Crippen LogP contribution in [0.5, 0.6) is 0 Å². The minimum Gasteiger partial charge on any atom is -0.478 e. The first kappa shape index (κ1) is 21.2. The van der Waals surface area contributed by atoms with Crippen LogP contribution in [0.3, 0.4) is 0 Å². The van der Waals surface area contributed by atoms with Gasteiger partial charge in [-0.1, -0.05) is 18.2 Å². The molecule has 0 radical (unpaired) electrons. The number of rotatable bonds is 7. The molecule has 148 valence electrons. The number of amides is 2. The molecule has 0 aromatic heterocycles. The molecule has 0 spiro atoms. The topological polar surface area (TPSA) is 86.7 Å². The molecular formula is C22H26N2O4. The third-order valence-electron chi connectivity index (χ3n) is 4.36. The molecule has 2 N–H and O–H groups in total. The van der Waals surface area contributed by atoms with E-state index in [0.717, 1.165) is 0 Å². The van der Waals surface area contributed by atoms with Gasteiger partial charge in [0.15, 0.2) is 0 Å². The number of hydrogen-bond acceptors (Lipinski definition) is 3. The average molecular weight is 382 g/mol. The predicted octanol–water partition coefficient (Wildman–Crippen LogP) is 3.83. The second kappa shape index (κ2) is 9.17. The number of benzene rings is 2. The largest absolute Gasteiger partial charge is 0.478 e. The van der Waals surface area contributed by atoms with Gasteiger partial charge in [0.2, 0.25) is 5.91 Å². The van der Waals surface area contributed by atoms with E-state index in [1.54, 1.807) is 47.4 Å². The number of carboxylic acids is 1. The van der Waals surface area contributed by atoms with E-state index in [1.807, 2.05) is 27.7 Å². The van der Waals surface area contributed by atoms with Crippen molar-refractivity contribution in [2.75, 3.05) is 5.32 Å². The maximum Gasteiger partial charge on any atom is 0.335 e. The molecule has 2 rings (SSSR count). The Morgan fingerprint density at radius 1 is 0.929 bits per heavy atom. The van der Waals surface area contributed by atoms with Gasteiger partial charge in [-0.15, -0.1) is 0 Å². The van der Waals surface area contributed by atoms with Crippen LogP contribution in [-0.4, -0.2) is 39.9 Å². The molecule has 6 nitrogen and oxygen atoms in total. The first-order valence-corrected chi connectivity index (χ1v) is 9.24. The minimum atomic E-state index is -1.06. The lowest BCUT2D eigenvalue weighted by molar-refractivity contribution is -0.115. The number of carboxylic acid groups (broad SMARTS) is 1. The molecule has 0 saturated heterocycles. The summed E-state index contributed by atoms with van der Waals surface area (Å²) in [5.74, 6) is -1.44.